The van der Waals surface area contributed by atoms with Gasteiger partial charge < -0.3 is 23.7 Å². The Morgan fingerprint density at radius 2 is 1.56 bits per heavy atom. The van der Waals surface area contributed by atoms with E-state index >= 15 is 0 Å². The summed E-state index contributed by atoms with van der Waals surface area (Å²) in [5.41, 5.74) is -4.08. The number of ether oxygens (including phenoxy) is 5. The predicted molar refractivity (Wildman–Crippen MR) is 108 cm³/mol. The van der Waals surface area contributed by atoms with Gasteiger partial charge in [0, 0.05) is 20.8 Å². The van der Waals surface area contributed by atoms with Crippen molar-refractivity contribution in [2.75, 3.05) is 6.61 Å². The van der Waals surface area contributed by atoms with E-state index in [1.807, 2.05) is 0 Å². The molecule has 4 atom stereocenters. The second kappa shape index (κ2) is 10.2. The highest BCUT2D eigenvalue weighted by atomic mass is 19.1. The molecule has 1 aliphatic rings. The SMILES string of the molecule is CC(=O)OC[C@H]1O[C@@H](n2cc(F)c(=O)n(C(=O)OC(C)(C)C)c2=O)[C@@H](OC(C)=O)[C@@H]1OC(C)=O. The van der Waals surface area contributed by atoms with Gasteiger partial charge in [-0.15, -0.1) is 0 Å². The third-order valence-electron chi connectivity index (χ3n) is 4.26. The second-order valence-electron chi connectivity index (χ2n) is 8.30. The molecule has 0 saturated carbocycles. The van der Waals surface area contributed by atoms with E-state index in [1.165, 1.54) is 20.8 Å². The van der Waals surface area contributed by atoms with Crippen molar-refractivity contribution >= 4 is 24.0 Å². The van der Waals surface area contributed by atoms with Crippen molar-refractivity contribution in [2.45, 2.75) is 71.7 Å². The van der Waals surface area contributed by atoms with Crippen molar-refractivity contribution in [3.63, 3.8) is 0 Å². The van der Waals surface area contributed by atoms with Gasteiger partial charge in [-0.05, 0) is 20.8 Å². The van der Waals surface area contributed by atoms with Crippen LogP contribution in [0.15, 0.2) is 15.8 Å². The van der Waals surface area contributed by atoms with Gasteiger partial charge in [0.1, 0.15) is 18.3 Å². The number of carbonyl (C=O) groups excluding carboxylic acids is 4. The number of halogens is 1. The third-order valence-corrected chi connectivity index (χ3v) is 4.26. The molecule has 13 nitrogen and oxygen atoms in total. The molecule has 0 amide bonds. The molecular weight excluding hydrogens is 463 g/mol. The van der Waals surface area contributed by atoms with Crippen LogP contribution in [0.4, 0.5) is 9.18 Å². The Bertz CT molecular complexity index is 1100. The molecule has 0 N–H and O–H groups in total. The summed E-state index contributed by atoms with van der Waals surface area (Å²) in [4.78, 5) is 72.3. The van der Waals surface area contributed by atoms with Crippen LogP contribution >= 0.6 is 0 Å². The summed E-state index contributed by atoms with van der Waals surface area (Å²) in [7, 11) is 0. The summed E-state index contributed by atoms with van der Waals surface area (Å²) < 4.78 is 40.7. The summed E-state index contributed by atoms with van der Waals surface area (Å²) in [5.74, 6) is -3.93. The fourth-order valence-electron chi connectivity index (χ4n) is 3.11. The maximum atomic E-state index is 14.5. The van der Waals surface area contributed by atoms with Crippen LogP contribution in [-0.2, 0) is 38.1 Å². The predicted octanol–water partition coefficient (Wildman–Crippen LogP) is 0.256. The molecule has 2 rings (SSSR count). The average molecular weight is 488 g/mol. The van der Waals surface area contributed by atoms with E-state index in [0.29, 0.717) is 10.8 Å². The molecule has 1 aromatic heterocycles. The molecule has 2 heterocycles. The van der Waals surface area contributed by atoms with E-state index in [9.17, 15) is 33.2 Å². The number of hydrogen-bond donors (Lipinski definition) is 0. The molecule has 1 fully saturated rings. The Morgan fingerprint density at radius 3 is 2.06 bits per heavy atom. The van der Waals surface area contributed by atoms with E-state index in [4.69, 9.17) is 23.7 Å². The van der Waals surface area contributed by atoms with Crippen LogP contribution in [0, 0.1) is 5.82 Å². The summed E-state index contributed by atoms with van der Waals surface area (Å²) in [5, 5.41) is 0. The molecule has 0 spiro atoms. The van der Waals surface area contributed by atoms with Crippen LogP contribution in [0.3, 0.4) is 0 Å². The third kappa shape index (κ3) is 6.27. The second-order valence-corrected chi connectivity index (χ2v) is 8.30. The lowest BCUT2D eigenvalue weighted by atomic mass is 10.1. The molecule has 0 radical (unpaired) electrons. The zero-order chi connectivity index (χ0) is 26.0. The topological polar surface area (TPSA) is 158 Å². The first kappa shape index (κ1) is 26.7. The minimum atomic E-state index is -1.68. The van der Waals surface area contributed by atoms with Gasteiger partial charge in [-0.1, -0.05) is 0 Å². The number of rotatable bonds is 5. The van der Waals surface area contributed by atoms with Gasteiger partial charge in [-0.3, -0.25) is 23.7 Å². The maximum absolute atomic E-state index is 14.5. The van der Waals surface area contributed by atoms with Gasteiger partial charge >= 0.3 is 35.3 Å². The van der Waals surface area contributed by atoms with Crippen molar-refractivity contribution < 1.29 is 47.3 Å². The normalized spacial score (nSPS) is 22.1. The van der Waals surface area contributed by atoms with Crippen molar-refractivity contribution in [1.82, 2.24) is 9.13 Å². The zero-order valence-corrected chi connectivity index (χ0v) is 19.4. The Hall–Kier alpha value is -3.55. The van der Waals surface area contributed by atoms with Crippen LogP contribution in [0.25, 0.3) is 0 Å². The Labute approximate surface area is 192 Å². The lowest BCUT2D eigenvalue weighted by Crippen LogP contribution is -2.49. The van der Waals surface area contributed by atoms with Crippen LogP contribution in [0.1, 0.15) is 47.8 Å². The fourth-order valence-corrected chi connectivity index (χ4v) is 3.11. The Kier molecular flexibility index (Phi) is 7.97. The number of hydrogen-bond acceptors (Lipinski definition) is 11. The number of esters is 3. The van der Waals surface area contributed by atoms with Crippen molar-refractivity contribution in [2.24, 2.45) is 0 Å². The Balaban J connectivity index is 2.63. The van der Waals surface area contributed by atoms with E-state index in [2.05, 4.69) is 0 Å². The first-order valence-corrected chi connectivity index (χ1v) is 10.0. The number of nitrogens with zero attached hydrogens (tertiary/aromatic N) is 2. The molecular formula is C20H25FN2O11. The fraction of sp³-hybridized carbons (Fsp3) is 0.600. The number of aromatic nitrogens is 2. The molecule has 0 aliphatic carbocycles. The molecule has 188 valence electrons. The number of carbonyl (C=O) groups is 4. The van der Waals surface area contributed by atoms with Gasteiger partial charge in [0.2, 0.25) is 5.82 Å². The molecule has 34 heavy (non-hydrogen) atoms. The minimum absolute atomic E-state index is 0.0883. The largest absolute Gasteiger partial charge is 0.463 e. The van der Waals surface area contributed by atoms with E-state index in [-0.39, 0.29) is 4.57 Å². The van der Waals surface area contributed by atoms with Gasteiger partial charge in [0.05, 0.1) is 6.20 Å². The molecule has 1 saturated heterocycles. The Morgan fingerprint density at radius 1 is 1.00 bits per heavy atom. The summed E-state index contributed by atoms with van der Waals surface area (Å²) in [6.45, 7) is 7.09. The van der Waals surface area contributed by atoms with Gasteiger partial charge in [0.25, 0.3) is 0 Å². The van der Waals surface area contributed by atoms with Crippen molar-refractivity contribution in [1.29, 1.82) is 0 Å². The van der Waals surface area contributed by atoms with Crippen LogP contribution in [-0.4, -0.2) is 63.7 Å². The summed E-state index contributed by atoms with van der Waals surface area (Å²) >= 11 is 0. The van der Waals surface area contributed by atoms with Gasteiger partial charge in [0.15, 0.2) is 18.4 Å². The van der Waals surface area contributed by atoms with Crippen LogP contribution < -0.4 is 11.2 Å². The van der Waals surface area contributed by atoms with Crippen LogP contribution in [0.2, 0.25) is 0 Å². The first-order chi connectivity index (χ1) is 15.6. The summed E-state index contributed by atoms with van der Waals surface area (Å²) in [6, 6.07) is 0. The summed E-state index contributed by atoms with van der Waals surface area (Å²) in [6.07, 6.45) is -6.85. The molecule has 1 aliphatic heterocycles. The van der Waals surface area contributed by atoms with E-state index in [1.54, 1.807) is 0 Å². The van der Waals surface area contributed by atoms with Crippen LogP contribution in [0.5, 0.6) is 0 Å². The molecule has 0 bridgehead atoms. The lowest BCUT2D eigenvalue weighted by molar-refractivity contribution is -0.166. The van der Waals surface area contributed by atoms with Gasteiger partial charge in [-0.25, -0.2) is 9.59 Å². The lowest BCUT2D eigenvalue weighted by Gasteiger charge is -2.24. The van der Waals surface area contributed by atoms with E-state index in [0.717, 1.165) is 20.8 Å². The highest BCUT2D eigenvalue weighted by Crippen LogP contribution is 2.33. The molecule has 0 aromatic carbocycles. The minimum Gasteiger partial charge on any atom is -0.463 e. The smallest absolute Gasteiger partial charge is 0.425 e. The quantitative estimate of drug-likeness (QED) is 0.413. The highest BCUT2D eigenvalue weighted by Gasteiger charge is 2.51. The standard InChI is InChI=1S/C20H25FN2O11/c1-9(24)30-8-13-14(31-10(2)25)15(32-11(3)26)17(33-13)22-7-12(21)16(27)23(18(22)28)19(29)34-20(4,5)6/h7,13-15,17H,8H2,1-6H3/t13-,14-,15+,17-/m1/s1. The molecule has 0 unspecified atom stereocenters. The van der Waals surface area contributed by atoms with Gasteiger partial charge in [-0.2, -0.15) is 8.96 Å². The monoisotopic (exact) mass is 488 g/mol. The van der Waals surface area contributed by atoms with Crippen molar-refractivity contribution in [3.8, 4) is 0 Å². The average Bonchev–Trinajstić information content (AvgIpc) is 2.97. The maximum Gasteiger partial charge on any atom is 0.425 e. The zero-order valence-electron chi connectivity index (χ0n) is 19.4. The van der Waals surface area contributed by atoms with E-state index < -0.39 is 77.8 Å². The van der Waals surface area contributed by atoms with Crippen molar-refractivity contribution in [3.05, 3.63) is 32.9 Å². The first-order valence-electron chi connectivity index (χ1n) is 10.0. The molecule has 14 heteroatoms. The molecule has 1 aromatic rings. The highest BCUT2D eigenvalue weighted by molar-refractivity contribution is 5.70.